The van der Waals surface area contributed by atoms with Crippen LogP contribution in [0.5, 0.6) is 0 Å². The summed E-state index contributed by atoms with van der Waals surface area (Å²) in [5.74, 6) is -1.08. The van der Waals surface area contributed by atoms with Gasteiger partial charge in [0.1, 0.15) is 0 Å². The molecule has 0 bridgehead atoms. The molecule has 1 aromatic heterocycles. The Bertz CT molecular complexity index is 815. The van der Waals surface area contributed by atoms with Crippen molar-refractivity contribution in [2.24, 2.45) is 5.73 Å². The molecule has 22 heavy (non-hydrogen) atoms. The first-order chi connectivity index (χ1) is 10.2. The van der Waals surface area contributed by atoms with Gasteiger partial charge in [0.05, 0.1) is 16.5 Å². The van der Waals surface area contributed by atoms with Crippen LogP contribution >= 0.6 is 22.9 Å². The number of carbonyl (C=O) groups is 1. The maximum absolute atomic E-state index is 12.5. The van der Waals surface area contributed by atoms with Crippen LogP contribution in [0.4, 0.5) is 5.69 Å². The van der Waals surface area contributed by atoms with Crippen molar-refractivity contribution in [3.8, 4) is 0 Å². The number of nitrogens with one attached hydrogen (secondary N) is 1. The molecule has 1 aromatic carbocycles. The summed E-state index contributed by atoms with van der Waals surface area (Å²) in [5, 5.41) is 2.08. The lowest BCUT2D eigenvalue weighted by Crippen LogP contribution is -2.20. The molecular formula is C14H15ClN2O3S2. The van der Waals surface area contributed by atoms with Gasteiger partial charge in [0, 0.05) is 9.90 Å². The Morgan fingerprint density at radius 3 is 2.68 bits per heavy atom. The van der Waals surface area contributed by atoms with Crippen molar-refractivity contribution in [2.75, 3.05) is 4.72 Å². The second-order valence-electron chi connectivity index (χ2n) is 4.79. The highest BCUT2D eigenvalue weighted by atomic mass is 35.5. The van der Waals surface area contributed by atoms with E-state index < -0.39 is 21.8 Å². The molecule has 3 N–H and O–H groups in total. The molecule has 0 radical (unpaired) electrons. The number of sulfonamides is 1. The van der Waals surface area contributed by atoms with Crippen molar-refractivity contribution in [2.45, 2.75) is 24.7 Å². The summed E-state index contributed by atoms with van der Waals surface area (Å²) in [6.45, 7) is 3.27. The smallest absolute Gasteiger partial charge is 0.262 e. The van der Waals surface area contributed by atoms with E-state index in [1.165, 1.54) is 17.4 Å². The van der Waals surface area contributed by atoms with Gasteiger partial charge in [-0.2, -0.15) is 0 Å². The van der Waals surface area contributed by atoms with Crippen molar-refractivity contribution >= 4 is 44.6 Å². The highest BCUT2D eigenvalue weighted by Crippen LogP contribution is 2.32. The van der Waals surface area contributed by atoms with E-state index in [2.05, 4.69) is 4.72 Å². The van der Waals surface area contributed by atoms with Gasteiger partial charge in [-0.3, -0.25) is 9.52 Å². The Kier molecular flexibility index (Phi) is 4.79. The molecule has 8 heteroatoms. The SMILES string of the molecule is Cc1c(Cl)cccc1S(=O)(=O)Nc1ccsc1C(C)C(N)=O. The number of primary amides is 1. The Hall–Kier alpha value is -1.57. The van der Waals surface area contributed by atoms with Gasteiger partial charge in [-0.05, 0) is 43.0 Å². The Morgan fingerprint density at radius 1 is 1.36 bits per heavy atom. The van der Waals surface area contributed by atoms with Gasteiger partial charge in [0.15, 0.2) is 0 Å². The number of anilines is 1. The van der Waals surface area contributed by atoms with Crippen LogP contribution in [0.15, 0.2) is 34.5 Å². The molecule has 2 rings (SSSR count). The van der Waals surface area contributed by atoms with E-state index in [1.54, 1.807) is 37.4 Å². The van der Waals surface area contributed by atoms with Gasteiger partial charge in [-0.1, -0.05) is 17.7 Å². The molecular weight excluding hydrogens is 344 g/mol. The number of amides is 1. The second kappa shape index (κ2) is 6.28. The summed E-state index contributed by atoms with van der Waals surface area (Å²) >= 11 is 7.25. The number of thiophene rings is 1. The Balaban J connectivity index is 2.41. The zero-order chi connectivity index (χ0) is 16.5. The molecule has 1 atom stereocenters. The predicted octanol–water partition coefficient (Wildman–Crippen LogP) is 3.10. The molecule has 5 nitrogen and oxygen atoms in total. The summed E-state index contributed by atoms with van der Waals surface area (Å²) in [7, 11) is -3.80. The van der Waals surface area contributed by atoms with Crippen LogP contribution in [0.3, 0.4) is 0 Å². The molecule has 1 amide bonds. The van der Waals surface area contributed by atoms with Gasteiger partial charge < -0.3 is 5.73 Å². The van der Waals surface area contributed by atoms with E-state index in [-0.39, 0.29) is 4.90 Å². The topological polar surface area (TPSA) is 89.3 Å². The largest absolute Gasteiger partial charge is 0.369 e. The van der Waals surface area contributed by atoms with E-state index in [0.717, 1.165) is 0 Å². The van der Waals surface area contributed by atoms with Crippen molar-refractivity contribution in [1.82, 2.24) is 0 Å². The number of hydrogen-bond donors (Lipinski definition) is 2. The average molecular weight is 359 g/mol. The van der Waals surface area contributed by atoms with Crippen LogP contribution in [-0.2, 0) is 14.8 Å². The Morgan fingerprint density at radius 2 is 2.05 bits per heavy atom. The Labute approximate surface area is 138 Å². The lowest BCUT2D eigenvalue weighted by Gasteiger charge is -2.13. The number of halogens is 1. The maximum Gasteiger partial charge on any atom is 0.262 e. The highest BCUT2D eigenvalue weighted by molar-refractivity contribution is 7.92. The fourth-order valence-corrected chi connectivity index (χ4v) is 4.51. The molecule has 0 saturated carbocycles. The second-order valence-corrected chi connectivity index (χ2v) is 7.80. The third-order valence-corrected chi connectivity index (χ3v) is 6.29. The number of rotatable bonds is 5. The summed E-state index contributed by atoms with van der Waals surface area (Å²) in [4.78, 5) is 12.0. The van der Waals surface area contributed by atoms with E-state index in [0.29, 0.717) is 21.2 Å². The predicted molar refractivity (Wildman–Crippen MR) is 88.9 cm³/mol. The normalized spacial score (nSPS) is 12.9. The van der Waals surface area contributed by atoms with Gasteiger partial charge in [-0.25, -0.2) is 8.42 Å². The first kappa shape index (κ1) is 16.8. The molecule has 118 valence electrons. The first-order valence-electron chi connectivity index (χ1n) is 6.38. The molecule has 0 fully saturated rings. The molecule has 2 aromatic rings. The van der Waals surface area contributed by atoms with Gasteiger partial charge in [-0.15, -0.1) is 11.3 Å². The third-order valence-electron chi connectivity index (χ3n) is 3.27. The molecule has 0 saturated heterocycles. The minimum atomic E-state index is -3.80. The maximum atomic E-state index is 12.5. The van der Waals surface area contributed by atoms with E-state index >= 15 is 0 Å². The van der Waals surface area contributed by atoms with Gasteiger partial charge in [0.2, 0.25) is 5.91 Å². The number of carbonyl (C=O) groups excluding carboxylic acids is 1. The van der Waals surface area contributed by atoms with Crippen molar-refractivity contribution in [3.63, 3.8) is 0 Å². The standard InChI is InChI=1S/C14H15ClN2O3S2/c1-8-10(15)4-3-5-12(8)22(19,20)17-11-6-7-21-13(11)9(2)14(16)18/h3-7,9,17H,1-2H3,(H2,16,18). The van der Waals surface area contributed by atoms with Gasteiger partial charge in [0.25, 0.3) is 10.0 Å². The molecule has 0 spiro atoms. The van der Waals surface area contributed by atoms with Crippen LogP contribution in [0.1, 0.15) is 23.3 Å². The summed E-state index contributed by atoms with van der Waals surface area (Å²) in [6.07, 6.45) is 0. The van der Waals surface area contributed by atoms with Crippen LogP contribution in [0, 0.1) is 6.92 Å². The molecule has 0 aliphatic heterocycles. The van der Waals surface area contributed by atoms with E-state index in [4.69, 9.17) is 17.3 Å². The number of hydrogen-bond acceptors (Lipinski definition) is 4. The number of benzene rings is 1. The average Bonchev–Trinajstić information content (AvgIpc) is 2.87. The van der Waals surface area contributed by atoms with E-state index in [1.807, 2.05) is 0 Å². The van der Waals surface area contributed by atoms with Crippen molar-refractivity contribution in [1.29, 1.82) is 0 Å². The molecule has 0 aliphatic carbocycles. The monoisotopic (exact) mass is 358 g/mol. The highest BCUT2D eigenvalue weighted by Gasteiger charge is 2.23. The zero-order valence-corrected chi connectivity index (χ0v) is 14.3. The quantitative estimate of drug-likeness (QED) is 0.860. The lowest BCUT2D eigenvalue weighted by molar-refractivity contribution is -0.119. The van der Waals surface area contributed by atoms with Gasteiger partial charge >= 0.3 is 0 Å². The van der Waals surface area contributed by atoms with Crippen molar-refractivity contribution in [3.05, 3.63) is 45.1 Å². The minimum Gasteiger partial charge on any atom is -0.369 e. The summed E-state index contributed by atoms with van der Waals surface area (Å²) < 4.78 is 27.6. The molecule has 0 aliphatic rings. The molecule has 1 unspecified atom stereocenters. The minimum absolute atomic E-state index is 0.101. The van der Waals surface area contributed by atoms with Crippen LogP contribution in [0.25, 0.3) is 0 Å². The zero-order valence-electron chi connectivity index (χ0n) is 12.0. The van der Waals surface area contributed by atoms with Crippen LogP contribution < -0.4 is 10.5 Å². The van der Waals surface area contributed by atoms with E-state index in [9.17, 15) is 13.2 Å². The first-order valence-corrected chi connectivity index (χ1v) is 9.12. The fraction of sp³-hybridized carbons (Fsp3) is 0.214. The third kappa shape index (κ3) is 3.26. The summed E-state index contributed by atoms with van der Waals surface area (Å²) in [6, 6.07) is 6.29. The fourth-order valence-electron chi connectivity index (χ4n) is 1.95. The van der Waals surface area contributed by atoms with Crippen molar-refractivity contribution < 1.29 is 13.2 Å². The number of nitrogens with two attached hydrogens (primary N) is 1. The summed E-state index contributed by atoms with van der Waals surface area (Å²) in [5.41, 5.74) is 6.11. The molecule has 1 heterocycles. The van der Waals surface area contributed by atoms with Crippen LogP contribution in [-0.4, -0.2) is 14.3 Å². The van der Waals surface area contributed by atoms with Crippen LogP contribution in [0.2, 0.25) is 5.02 Å². The lowest BCUT2D eigenvalue weighted by atomic mass is 10.1.